The number of anilines is 1. The lowest BCUT2D eigenvalue weighted by Crippen LogP contribution is -2.17. The van der Waals surface area contributed by atoms with Gasteiger partial charge in [0.05, 0.1) is 5.02 Å². The zero-order chi connectivity index (χ0) is 13.3. The number of hydrogen-bond acceptors (Lipinski definition) is 4. The Balaban J connectivity index is 2.45. The molecule has 96 valence electrons. The number of nitrogens with zero attached hydrogens (tertiary/aromatic N) is 4. The molecule has 18 heavy (non-hydrogen) atoms. The second kappa shape index (κ2) is 4.57. The summed E-state index contributed by atoms with van der Waals surface area (Å²) in [5.41, 5.74) is 7.25. The van der Waals surface area contributed by atoms with Crippen LogP contribution in [0, 0.1) is 5.41 Å². The van der Waals surface area contributed by atoms with Gasteiger partial charge in [-0.1, -0.05) is 32.4 Å². The highest BCUT2D eigenvalue weighted by atomic mass is 35.5. The number of benzene rings is 1. The Bertz CT molecular complexity index is 556. The van der Waals surface area contributed by atoms with Gasteiger partial charge in [-0.05, 0) is 34.0 Å². The largest absolute Gasteiger partial charge is 0.399 e. The van der Waals surface area contributed by atoms with Gasteiger partial charge in [-0.2, -0.15) is 0 Å². The first-order chi connectivity index (χ1) is 8.37. The van der Waals surface area contributed by atoms with E-state index in [1.54, 1.807) is 22.9 Å². The van der Waals surface area contributed by atoms with E-state index in [4.69, 9.17) is 17.3 Å². The maximum absolute atomic E-state index is 6.17. The second-order valence-corrected chi connectivity index (χ2v) is 5.87. The highest BCUT2D eigenvalue weighted by Gasteiger charge is 2.18. The zero-order valence-electron chi connectivity index (χ0n) is 10.7. The third kappa shape index (κ3) is 2.79. The minimum absolute atomic E-state index is 0.0803. The first-order valence-corrected chi connectivity index (χ1v) is 6.06. The third-order valence-corrected chi connectivity index (χ3v) is 2.72. The van der Waals surface area contributed by atoms with E-state index in [0.717, 1.165) is 5.56 Å². The number of rotatable bonds is 2. The molecule has 1 heterocycles. The molecule has 0 aliphatic carbocycles. The summed E-state index contributed by atoms with van der Waals surface area (Å²) in [5, 5.41) is 12.3. The Hall–Kier alpha value is -1.62. The van der Waals surface area contributed by atoms with Crippen LogP contribution in [0.5, 0.6) is 0 Å². The number of halogens is 1. The molecule has 0 saturated heterocycles. The predicted octanol–water partition coefficient (Wildman–Crippen LogP) is 2.62. The van der Waals surface area contributed by atoms with E-state index in [2.05, 4.69) is 36.3 Å². The molecule has 2 aromatic rings. The molecule has 0 aliphatic rings. The average molecular weight is 266 g/mol. The molecular formula is C12H16ClN5. The van der Waals surface area contributed by atoms with Gasteiger partial charge in [-0.15, -0.1) is 5.10 Å². The van der Waals surface area contributed by atoms with Crippen molar-refractivity contribution >= 4 is 17.3 Å². The topological polar surface area (TPSA) is 69.6 Å². The van der Waals surface area contributed by atoms with Gasteiger partial charge in [-0.3, -0.25) is 0 Å². The monoisotopic (exact) mass is 265 g/mol. The van der Waals surface area contributed by atoms with E-state index in [1.165, 1.54) is 0 Å². The van der Waals surface area contributed by atoms with Gasteiger partial charge in [0, 0.05) is 17.8 Å². The third-order valence-electron chi connectivity index (χ3n) is 2.39. The summed E-state index contributed by atoms with van der Waals surface area (Å²) in [6.07, 6.45) is 0. The van der Waals surface area contributed by atoms with E-state index in [1.807, 2.05) is 0 Å². The smallest absolute Gasteiger partial charge is 0.183 e. The van der Waals surface area contributed by atoms with Crippen LogP contribution >= 0.6 is 11.6 Å². The van der Waals surface area contributed by atoms with E-state index in [0.29, 0.717) is 23.1 Å². The van der Waals surface area contributed by atoms with Crippen LogP contribution in [0.15, 0.2) is 18.2 Å². The van der Waals surface area contributed by atoms with Gasteiger partial charge in [0.2, 0.25) is 0 Å². The number of aromatic nitrogens is 4. The van der Waals surface area contributed by atoms with Gasteiger partial charge in [0.1, 0.15) is 0 Å². The van der Waals surface area contributed by atoms with Crippen LogP contribution in [-0.4, -0.2) is 20.2 Å². The molecule has 0 unspecified atom stereocenters. The molecule has 0 saturated carbocycles. The quantitative estimate of drug-likeness (QED) is 0.848. The minimum atomic E-state index is 0.0803. The summed E-state index contributed by atoms with van der Waals surface area (Å²) in [4.78, 5) is 0. The molecule has 0 radical (unpaired) electrons. The normalized spacial score (nSPS) is 11.8. The summed E-state index contributed by atoms with van der Waals surface area (Å²) in [6.45, 7) is 7.08. The number of nitrogen functional groups attached to an aromatic ring is 1. The van der Waals surface area contributed by atoms with Crippen molar-refractivity contribution < 1.29 is 0 Å². The molecular weight excluding hydrogens is 250 g/mol. The number of tetrazole rings is 1. The predicted molar refractivity (Wildman–Crippen MR) is 72.1 cm³/mol. The van der Waals surface area contributed by atoms with Crippen LogP contribution in [0.25, 0.3) is 11.4 Å². The lowest BCUT2D eigenvalue weighted by atomic mass is 9.97. The van der Waals surface area contributed by atoms with Crippen molar-refractivity contribution in [3.8, 4) is 11.4 Å². The Morgan fingerprint density at radius 3 is 2.72 bits per heavy atom. The molecule has 0 fully saturated rings. The molecule has 0 atom stereocenters. The first kappa shape index (κ1) is 12.8. The fourth-order valence-corrected chi connectivity index (χ4v) is 1.87. The Kier molecular flexibility index (Phi) is 3.26. The van der Waals surface area contributed by atoms with Gasteiger partial charge < -0.3 is 5.73 Å². The van der Waals surface area contributed by atoms with Gasteiger partial charge in [0.15, 0.2) is 5.82 Å². The van der Waals surface area contributed by atoms with Gasteiger partial charge in [-0.25, -0.2) is 4.68 Å². The summed E-state index contributed by atoms with van der Waals surface area (Å²) in [5.74, 6) is 0.641. The highest BCUT2D eigenvalue weighted by molar-refractivity contribution is 6.33. The molecule has 1 aromatic heterocycles. The van der Waals surface area contributed by atoms with Crippen LogP contribution in [0.3, 0.4) is 0 Å². The van der Waals surface area contributed by atoms with Crippen molar-refractivity contribution in [2.24, 2.45) is 5.41 Å². The lowest BCUT2D eigenvalue weighted by molar-refractivity contribution is 0.323. The Morgan fingerprint density at radius 1 is 1.33 bits per heavy atom. The second-order valence-electron chi connectivity index (χ2n) is 5.46. The number of hydrogen-bond donors (Lipinski definition) is 1. The van der Waals surface area contributed by atoms with Crippen molar-refractivity contribution in [3.63, 3.8) is 0 Å². The van der Waals surface area contributed by atoms with Crippen LogP contribution in [-0.2, 0) is 6.54 Å². The first-order valence-electron chi connectivity index (χ1n) is 5.68. The summed E-state index contributed by atoms with van der Waals surface area (Å²) in [6, 6.07) is 5.29. The van der Waals surface area contributed by atoms with Crippen LogP contribution < -0.4 is 5.73 Å². The van der Waals surface area contributed by atoms with E-state index in [-0.39, 0.29) is 5.41 Å². The van der Waals surface area contributed by atoms with Crippen molar-refractivity contribution in [1.29, 1.82) is 0 Å². The van der Waals surface area contributed by atoms with Gasteiger partial charge in [0.25, 0.3) is 0 Å². The fraction of sp³-hybridized carbons (Fsp3) is 0.417. The molecule has 0 amide bonds. The van der Waals surface area contributed by atoms with Crippen molar-refractivity contribution in [2.75, 3.05) is 5.73 Å². The summed E-state index contributed by atoms with van der Waals surface area (Å²) in [7, 11) is 0. The fourth-order valence-electron chi connectivity index (χ4n) is 1.67. The van der Waals surface area contributed by atoms with Crippen LogP contribution in [0.4, 0.5) is 5.69 Å². The van der Waals surface area contributed by atoms with Gasteiger partial charge >= 0.3 is 0 Å². The van der Waals surface area contributed by atoms with Crippen molar-refractivity contribution in [2.45, 2.75) is 27.3 Å². The molecule has 2 N–H and O–H groups in total. The molecule has 1 aromatic carbocycles. The SMILES string of the molecule is CC(C)(C)Cn1nnnc1-c1cc(N)ccc1Cl. The summed E-state index contributed by atoms with van der Waals surface area (Å²) < 4.78 is 1.75. The van der Waals surface area contributed by atoms with E-state index in [9.17, 15) is 0 Å². The van der Waals surface area contributed by atoms with Crippen LogP contribution in [0.2, 0.25) is 5.02 Å². The maximum atomic E-state index is 6.17. The zero-order valence-corrected chi connectivity index (χ0v) is 11.4. The average Bonchev–Trinajstić information content (AvgIpc) is 2.67. The van der Waals surface area contributed by atoms with Crippen molar-refractivity contribution in [1.82, 2.24) is 20.2 Å². The Morgan fingerprint density at radius 2 is 2.06 bits per heavy atom. The van der Waals surface area contributed by atoms with E-state index >= 15 is 0 Å². The minimum Gasteiger partial charge on any atom is -0.399 e. The maximum Gasteiger partial charge on any atom is 0.183 e. The molecule has 0 aliphatic heterocycles. The lowest BCUT2D eigenvalue weighted by Gasteiger charge is -2.18. The standard InChI is InChI=1S/C12H16ClN5/c1-12(2,3)7-18-11(15-16-17-18)9-6-8(14)4-5-10(9)13/h4-6H,7,14H2,1-3H3. The molecule has 0 bridgehead atoms. The molecule has 5 nitrogen and oxygen atoms in total. The molecule has 0 spiro atoms. The molecule has 2 rings (SSSR count). The highest BCUT2D eigenvalue weighted by Crippen LogP contribution is 2.29. The van der Waals surface area contributed by atoms with Crippen molar-refractivity contribution in [3.05, 3.63) is 23.2 Å². The Labute approximate surface area is 111 Å². The van der Waals surface area contributed by atoms with E-state index < -0.39 is 0 Å². The molecule has 6 heteroatoms. The van der Waals surface area contributed by atoms with Crippen LogP contribution in [0.1, 0.15) is 20.8 Å². The number of nitrogens with two attached hydrogens (primary N) is 1. The summed E-state index contributed by atoms with van der Waals surface area (Å²) >= 11 is 6.17.